The van der Waals surface area contributed by atoms with Crippen LogP contribution in [0.3, 0.4) is 0 Å². The minimum Gasteiger partial charge on any atom is -0.467 e. The quantitative estimate of drug-likeness (QED) is 0.479. The number of aromatic nitrogens is 3. The molecule has 5 heterocycles. The van der Waals surface area contributed by atoms with Gasteiger partial charge in [-0.25, -0.2) is 0 Å². The molecular formula is C23H21N5OS. The highest BCUT2D eigenvalue weighted by atomic mass is 32.1. The fourth-order valence-electron chi connectivity index (χ4n) is 4.00. The molecule has 6 nitrogen and oxygen atoms in total. The van der Waals surface area contributed by atoms with Gasteiger partial charge in [0.25, 0.3) is 0 Å². The Balaban J connectivity index is 1.54. The van der Waals surface area contributed by atoms with Gasteiger partial charge in [0, 0.05) is 37.0 Å². The second-order valence-corrected chi connectivity index (χ2v) is 7.64. The van der Waals surface area contributed by atoms with E-state index in [1.54, 1.807) is 12.5 Å². The molecule has 4 aromatic rings. The zero-order chi connectivity index (χ0) is 20.3. The summed E-state index contributed by atoms with van der Waals surface area (Å²) in [5.74, 6) is 0.871. The number of nitrogens with one attached hydrogen (secondary N) is 1. The standard InChI is InChI=1S/C23H21N5OS/c30-23-26-21(19-8-1-2-11-25-19)22(28(23)16-18-7-5-13-29-18)20-9-4-12-27(20)15-17-6-3-10-24-14-17/h1-14,21-22H,15-16H2,(H,26,30). The van der Waals surface area contributed by atoms with E-state index < -0.39 is 0 Å². The van der Waals surface area contributed by atoms with Crippen LogP contribution in [0, 0.1) is 0 Å². The highest BCUT2D eigenvalue weighted by Crippen LogP contribution is 2.39. The Morgan fingerprint density at radius 1 is 1.00 bits per heavy atom. The number of nitrogens with zero attached hydrogens (tertiary/aromatic N) is 4. The molecule has 0 bridgehead atoms. The molecule has 30 heavy (non-hydrogen) atoms. The molecule has 0 saturated carbocycles. The average molecular weight is 416 g/mol. The van der Waals surface area contributed by atoms with E-state index in [0.29, 0.717) is 11.7 Å². The van der Waals surface area contributed by atoms with Gasteiger partial charge in [0.2, 0.25) is 0 Å². The molecule has 1 aliphatic heterocycles. The SMILES string of the molecule is S=C1NC(c2ccccn2)C(c2cccn2Cc2cccnc2)N1Cc1ccco1. The Bertz CT molecular complexity index is 1110. The van der Waals surface area contributed by atoms with Crippen molar-refractivity contribution in [3.05, 3.63) is 108 Å². The highest BCUT2D eigenvalue weighted by Gasteiger charge is 2.41. The lowest BCUT2D eigenvalue weighted by Gasteiger charge is -2.28. The maximum atomic E-state index is 5.74. The summed E-state index contributed by atoms with van der Waals surface area (Å²) >= 11 is 5.74. The number of pyridine rings is 2. The van der Waals surface area contributed by atoms with Crippen molar-refractivity contribution in [1.82, 2.24) is 24.8 Å². The predicted octanol–water partition coefficient (Wildman–Crippen LogP) is 4.09. The lowest BCUT2D eigenvalue weighted by Crippen LogP contribution is -2.30. The van der Waals surface area contributed by atoms with E-state index in [0.717, 1.165) is 29.3 Å². The first-order valence-electron chi connectivity index (χ1n) is 9.84. The molecule has 2 atom stereocenters. The molecule has 150 valence electrons. The third-order valence-electron chi connectivity index (χ3n) is 5.35. The molecule has 0 spiro atoms. The van der Waals surface area contributed by atoms with Crippen LogP contribution in [0.2, 0.25) is 0 Å². The van der Waals surface area contributed by atoms with Crippen LogP contribution in [-0.4, -0.2) is 24.5 Å². The minimum atomic E-state index is -0.0591. The van der Waals surface area contributed by atoms with Crippen molar-refractivity contribution in [3.8, 4) is 0 Å². The molecule has 5 rings (SSSR count). The van der Waals surface area contributed by atoms with Crippen LogP contribution in [0.1, 0.15) is 34.8 Å². The first-order chi connectivity index (χ1) is 14.8. The van der Waals surface area contributed by atoms with Gasteiger partial charge >= 0.3 is 0 Å². The van der Waals surface area contributed by atoms with Crippen LogP contribution in [0.4, 0.5) is 0 Å². The van der Waals surface area contributed by atoms with Gasteiger partial charge < -0.3 is 19.2 Å². The lowest BCUT2D eigenvalue weighted by molar-refractivity contribution is 0.277. The Kier molecular flexibility index (Phi) is 5.03. The van der Waals surface area contributed by atoms with Gasteiger partial charge in [0.15, 0.2) is 5.11 Å². The predicted molar refractivity (Wildman–Crippen MR) is 117 cm³/mol. The molecule has 0 aromatic carbocycles. The van der Waals surface area contributed by atoms with Crippen LogP contribution in [-0.2, 0) is 13.1 Å². The van der Waals surface area contributed by atoms with E-state index in [1.165, 1.54) is 0 Å². The molecule has 0 radical (unpaired) electrons. The van der Waals surface area contributed by atoms with Crippen molar-refractivity contribution in [2.45, 2.75) is 25.2 Å². The van der Waals surface area contributed by atoms with Crippen molar-refractivity contribution < 1.29 is 4.42 Å². The summed E-state index contributed by atoms with van der Waals surface area (Å²) in [6, 6.07) is 18.1. The lowest BCUT2D eigenvalue weighted by atomic mass is 10.0. The summed E-state index contributed by atoms with van der Waals surface area (Å²) in [6.07, 6.45) is 9.31. The Hall–Kier alpha value is -3.45. The Morgan fingerprint density at radius 3 is 2.73 bits per heavy atom. The first kappa shape index (κ1) is 18.6. The summed E-state index contributed by atoms with van der Waals surface area (Å²) in [5.41, 5.74) is 3.27. The van der Waals surface area contributed by atoms with E-state index in [9.17, 15) is 0 Å². The van der Waals surface area contributed by atoms with Crippen LogP contribution in [0.15, 0.2) is 90.1 Å². The molecule has 1 fully saturated rings. The Labute approximate surface area is 180 Å². The molecule has 0 aliphatic carbocycles. The number of rotatable bonds is 6. The van der Waals surface area contributed by atoms with Crippen molar-refractivity contribution in [3.63, 3.8) is 0 Å². The van der Waals surface area contributed by atoms with Crippen molar-refractivity contribution in [2.75, 3.05) is 0 Å². The van der Waals surface area contributed by atoms with E-state index in [-0.39, 0.29) is 12.1 Å². The monoisotopic (exact) mass is 415 g/mol. The van der Waals surface area contributed by atoms with Crippen LogP contribution < -0.4 is 5.32 Å². The smallest absolute Gasteiger partial charge is 0.170 e. The van der Waals surface area contributed by atoms with Gasteiger partial charge in [0.05, 0.1) is 30.6 Å². The summed E-state index contributed by atoms with van der Waals surface area (Å²) in [4.78, 5) is 11.0. The molecule has 4 aromatic heterocycles. The zero-order valence-electron chi connectivity index (χ0n) is 16.3. The average Bonchev–Trinajstić information content (AvgIpc) is 3.52. The third-order valence-corrected chi connectivity index (χ3v) is 5.70. The summed E-state index contributed by atoms with van der Waals surface area (Å²) in [5, 5.41) is 4.19. The van der Waals surface area contributed by atoms with Gasteiger partial charge in [-0.1, -0.05) is 12.1 Å². The molecule has 1 saturated heterocycles. The summed E-state index contributed by atoms with van der Waals surface area (Å²) in [6.45, 7) is 1.33. The minimum absolute atomic E-state index is 0.0239. The molecular weight excluding hydrogens is 394 g/mol. The van der Waals surface area contributed by atoms with Crippen LogP contribution in [0.5, 0.6) is 0 Å². The number of thiocarbonyl (C=S) groups is 1. The number of hydrogen-bond acceptors (Lipinski definition) is 4. The second-order valence-electron chi connectivity index (χ2n) is 7.26. The van der Waals surface area contributed by atoms with Crippen LogP contribution in [0.25, 0.3) is 0 Å². The fraction of sp³-hybridized carbons (Fsp3) is 0.174. The van der Waals surface area contributed by atoms with E-state index in [1.807, 2.05) is 48.8 Å². The number of hydrogen-bond donors (Lipinski definition) is 1. The maximum Gasteiger partial charge on any atom is 0.170 e. The normalized spacial score (nSPS) is 18.5. The summed E-state index contributed by atoms with van der Waals surface area (Å²) in [7, 11) is 0. The first-order valence-corrected chi connectivity index (χ1v) is 10.2. The molecule has 0 amide bonds. The zero-order valence-corrected chi connectivity index (χ0v) is 17.1. The van der Waals surface area contributed by atoms with Gasteiger partial charge in [0.1, 0.15) is 5.76 Å². The van der Waals surface area contributed by atoms with Crippen molar-refractivity contribution >= 4 is 17.3 Å². The van der Waals surface area contributed by atoms with Gasteiger partial charge in [-0.05, 0) is 60.2 Å². The second kappa shape index (κ2) is 8.12. The molecule has 7 heteroatoms. The largest absolute Gasteiger partial charge is 0.467 e. The van der Waals surface area contributed by atoms with E-state index >= 15 is 0 Å². The summed E-state index contributed by atoms with van der Waals surface area (Å²) < 4.78 is 7.87. The van der Waals surface area contributed by atoms with Crippen LogP contribution >= 0.6 is 12.2 Å². The van der Waals surface area contributed by atoms with Gasteiger partial charge in [-0.2, -0.15) is 0 Å². The van der Waals surface area contributed by atoms with Gasteiger partial charge in [-0.15, -0.1) is 0 Å². The van der Waals surface area contributed by atoms with Crippen molar-refractivity contribution in [1.29, 1.82) is 0 Å². The highest BCUT2D eigenvalue weighted by molar-refractivity contribution is 7.80. The van der Waals surface area contributed by atoms with E-state index in [2.05, 4.69) is 49.1 Å². The molecule has 1 N–H and O–H groups in total. The van der Waals surface area contributed by atoms with Gasteiger partial charge in [-0.3, -0.25) is 9.97 Å². The maximum absolute atomic E-state index is 5.74. The molecule has 1 aliphatic rings. The van der Waals surface area contributed by atoms with Crippen molar-refractivity contribution in [2.24, 2.45) is 0 Å². The third kappa shape index (κ3) is 3.59. The number of furan rings is 1. The Morgan fingerprint density at radius 2 is 1.97 bits per heavy atom. The topological polar surface area (TPSA) is 59.1 Å². The van der Waals surface area contributed by atoms with E-state index in [4.69, 9.17) is 16.6 Å². The fourth-order valence-corrected chi connectivity index (χ4v) is 4.30. The molecule has 2 unspecified atom stereocenters.